The maximum atomic E-state index is 12.3. The highest BCUT2D eigenvalue weighted by molar-refractivity contribution is 7.89. The summed E-state index contributed by atoms with van der Waals surface area (Å²) in [6.45, 7) is 0.957. The number of rotatable bonds is 9. The molecule has 0 aliphatic carbocycles. The van der Waals surface area contributed by atoms with Crippen LogP contribution < -0.4 is 15.4 Å². The van der Waals surface area contributed by atoms with Crippen LogP contribution in [0.4, 0.5) is 5.69 Å². The fourth-order valence-electron chi connectivity index (χ4n) is 2.45. The van der Waals surface area contributed by atoms with E-state index in [0.29, 0.717) is 23.9 Å². The summed E-state index contributed by atoms with van der Waals surface area (Å²) in [4.78, 5) is 14.1. The Morgan fingerprint density at radius 1 is 1.10 bits per heavy atom. The van der Waals surface area contributed by atoms with Gasteiger partial charge in [-0.05, 0) is 24.1 Å². The van der Waals surface area contributed by atoms with Gasteiger partial charge in [0.2, 0.25) is 10.0 Å². The first-order valence-corrected chi connectivity index (χ1v) is 10.6. The molecule has 0 saturated carbocycles. The topological polar surface area (TPSA) is 126 Å². The second-order valence-electron chi connectivity index (χ2n) is 5.92. The molecule has 0 heterocycles. The van der Waals surface area contributed by atoms with Crippen molar-refractivity contribution in [2.75, 3.05) is 26.7 Å². The highest BCUT2D eigenvalue weighted by atomic mass is 35.5. The summed E-state index contributed by atoms with van der Waals surface area (Å²) < 4.78 is 26.9. The van der Waals surface area contributed by atoms with E-state index >= 15 is 0 Å². The van der Waals surface area contributed by atoms with Gasteiger partial charge in [0, 0.05) is 43.8 Å². The summed E-state index contributed by atoms with van der Waals surface area (Å²) in [5.74, 6) is 0.520. The number of guanidine groups is 1. The minimum absolute atomic E-state index is 0.0796. The maximum absolute atomic E-state index is 12.3. The Balaban J connectivity index is 1.78. The smallest absolute Gasteiger partial charge is 0.270 e. The predicted molar refractivity (Wildman–Crippen MR) is 113 cm³/mol. The fraction of sp³-hybridized carbons (Fsp3) is 0.278. The number of nitro groups is 1. The third kappa shape index (κ3) is 7.00. The highest BCUT2D eigenvalue weighted by Gasteiger charge is 2.17. The average Bonchev–Trinajstić information content (AvgIpc) is 2.71. The lowest BCUT2D eigenvalue weighted by atomic mass is 10.1. The van der Waals surface area contributed by atoms with Crippen molar-refractivity contribution in [3.05, 3.63) is 69.2 Å². The molecule has 2 rings (SSSR count). The molecule has 0 atom stereocenters. The van der Waals surface area contributed by atoms with E-state index in [2.05, 4.69) is 20.3 Å². The van der Waals surface area contributed by atoms with Gasteiger partial charge in [-0.25, -0.2) is 13.1 Å². The summed E-state index contributed by atoms with van der Waals surface area (Å²) in [6.07, 6.45) is 0.708. The van der Waals surface area contributed by atoms with Crippen molar-refractivity contribution in [1.29, 1.82) is 0 Å². The third-order valence-corrected chi connectivity index (χ3v) is 5.74. The fourth-order valence-corrected chi connectivity index (χ4v) is 3.75. The van der Waals surface area contributed by atoms with Crippen molar-refractivity contribution in [3.8, 4) is 0 Å². The zero-order valence-electron chi connectivity index (χ0n) is 15.8. The Bertz CT molecular complexity index is 982. The predicted octanol–water partition coefficient (Wildman–Crippen LogP) is 1.93. The number of nitrogens with zero attached hydrogens (tertiary/aromatic N) is 2. The van der Waals surface area contributed by atoms with Gasteiger partial charge in [0.1, 0.15) is 0 Å². The second kappa shape index (κ2) is 10.7. The van der Waals surface area contributed by atoms with E-state index in [4.69, 9.17) is 11.6 Å². The molecule has 0 bridgehead atoms. The minimum atomic E-state index is -3.85. The van der Waals surface area contributed by atoms with E-state index in [1.165, 1.54) is 18.2 Å². The Morgan fingerprint density at radius 3 is 2.52 bits per heavy atom. The number of halogens is 1. The molecule has 11 heteroatoms. The molecule has 0 aliphatic heterocycles. The molecule has 156 valence electrons. The van der Waals surface area contributed by atoms with Crippen molar-refractivity contribution in [1.82, 2.24) is 15.4 Å². The SMILES string of the molecule is CN=C(NCCNS(=O)(=O)c1cccc([N+](=O)[O-])c1)NCCc1ccccc1Cl. The number of sulfonamides is 1. The van der Waals surface area contributed by atoms with Crippen LogP contribution in [0.1, 0.15) is 5.56 Å². The van der Waals surface area contributed by atoms with E-state index in [0.717, 1.165) is 11.6 Å². The van der Waals surface area contributed by atoms with Crippen LogP contribution in [-0.4, -0.2) is 46.0 Å². The van der Waals surface area contributed by atoms with E-state index in [1.54, 1.807) is 7.05 Å². The number of hydrogen-bond donors (Lipinski definition) is 3. The average molecular weight is 440 g/mol. The lowest BCUT2D eigenvalue weighted by molar-refractivity contribution is -0.385. The van der Waals surface area contributed by atoms with E-state index in [-0.39, 0.29) is 23.7 Å². The van der Waals surface area contributed by atoms with Crippen LogP contribution in [0, 0.1) is 10.1 Å². The molecule has 0 unspecified atom stereocenters. The number of aliphatic imine (C=N–C) groups is 1. The van der Waals surface area contributed by atoms with Gasteiger partial charge in [0.05, 0.1) is 9.82 Å². The number of non-ortho nitro benzene ring substituents is 1. The first kappa shape index (κ1) is 22.6. The van der Waals surface area contributed by atoms with Gasteiger partial charge < -0.3 is 10.6 Å². The molecule has 0 spiro atoms. The molecule has 3 N–H and O–H groups in total. The van der Waals surface area contributed by atoms with Crippen molar-refractivity contribution < 1.29 is 13.3 Å². The van der Waals surface area contributed by atoms with Crippen LogP contribution >= 0.6 is 11.6 Å². The van der Waals surface area contributed by atoms with Crippen LogP contribution in [0.25, 0.3) is 0 Å². The summed E-state index contributed by atoms with van der Waals surface area (Å²) in [5.41, 5.74) is 0.732. The largest absolute Gasteiger partial charge is 0.356 e. The van der Waals surface area contributed by atoms with E-state index < -0.39 is 14.9 Å². The van der Waals surface area contributed by atoms with Gasteiger partial charge in [-0.15, -0.1) is 0 Å². The maximum Gasteiger partial charge on any atom is 0.270 e. The molecule has 0 aliphatic rings. The molecule has 0 aromatic heterocycles. The number of nitrogens with one attached hydrogen (secondary N) is 3. The van der Waals surface area contributed by atoms with Gasteiger partial charge in [0.15, 0.2) is 5.96 Å². The Morgan fingerprint density at radius 2 is 1.83 bits per heavy atom. The van der Waals surface area contributed by atoms with Crippen molar-refractivity contribution in [2.24, 2.45) is 4.99 Å². The first-order chi connectivity index (χ1) is 13.8. The molecule has 2 aromatic rings. The Hall–Kier alpha value is -2.69. The Kier molecular flexibility index (Phi) is 8.37. The summed E-state index contributed by atoms with van der Waals surface area (Å²) in [6, 6.07) is 12.5. The van der Waals surface area contributed by atoms with Gasteiger partial charge in [-0.1, -0.05) is 35.9 Å². The summed E-state index contributed by atoms with van der Waals surface area (Å²) in [5, 5.41) is 17.6. The van der Waals surface area contributed by atoms with Gasteiger partial charge >= 0.3 is 0 Å². The second-order valence-corrected chi connectivity index (χ2v) is 8.09. The monoisotopic (exact) mass is 439 g/mol. The standard InChI is InChI=1S/C18H22ClN5O4S/c1-20-18(21-10-9-14-5-2-3-8-17(14)19)22-11-12-23-29(27,28)16-7-4-6-15(13-16)24(25)26/h2-8,13,23H,9-12H2,1H3,(H2,20,21,22). The summed E-state index contributed by atoms with van der Waals surface area (Å²) in [7, 11) is -2.24. The molecule has 0 radical (unpaired) electrons. The highest BCUT2D eigenvalue weighted by Crippen LogP contribution is 2.17. The summed E-state index contributed by atoms with van der Waals surface area (Å²) >= 11 is 6.12. The number of hydrogen-bond acceptors (Lipinski definition) is 5. The lowest BCUT2D eigenvalue weighted by Crippen LogP contribution is -2.42. The van der Waals surface area contributed by atoms with Gasteiger partial charge in [-0.3, -0.25) is 15.1 Å². The molecule has 29 heavy (non-hydrogen) atoms. The van der Waals surface area contributed by atoms with Crippen LogP contribution in [0.5, 0.6) is 0 Å². The van der Waals surface area contributed by atoms with Crippen LogP contribution in [0.3, 0.4) is 0 Å². The van der Waals surface area contributed by atoms with Crippen LogP contribution in [0.2, 0.25) is 5.02 Å². The molecule has 0 saturated heterocycles. The molecular formula is C18H22ClN5O4S. The Labute approximate surface area is 174 Å². The first-order valence-electron chi connectivity index (χ1n) is 8.75. The molecule has 9 nitrogen and oxygen atoms in total. The van der Waals surface area contributed by atoms with Gasteiger partial charge in [-0.2, -0.15) is 0 Å². The zero-order valence-corrected chi connectivity index (χ0v) is 17.3. The van der Waals surface area contributed by atoms with Crippen molar-refractivity contribution in [2.45, 2.75) is 11.3 Å². The molecule has 0 fully saturated rings. The van der Waals surface area contributed by atoms with E-state index in [9.17, 15) is 18.5 Å². The minimum Gasteiger partial charge on any atom is -0.356 e. The number of benzene rings is 2. The third-order valence-electron chi connectivity index (χ3n) is 3.92. The van der Waals surface area contributed by atoms with E-state index in [1.807, 2.05) is 24.3 Å². The quantitative estimate of drug-likeness (QED) is 0.180. The molecule has 2 aromatic carbocycles. The van der Waals surface area contributed by atoms with Crippen LogP contribution in [-0.2, 0) is 16.4 Å². The zero-order chi connectivity index (χ0) is 21.3. The molecule has 0 amide bonds. The van der Waals surface area contributed by atoms with Gasteiger partial charge in [0.25, 0.3) is 5.69 Å². The normalized spacial score (nSPS) is 11.9. The lowest BCUT2D eigenvalue weighted by Gasteiger charge is -2.13. The van der Waals surface area contributed by atoms with Crippen LogP contribution in [0.15, 0.2) is 58.4 Å². The van der Waals surface area contributed by atoms with Crippen molar-refractivity contribution in [3.63, 3.8) is 0 Å². The molecular weight excluding hydrogens is 418 g/mol. The van der Waals surface area contributed by atoms with Crippen molar-refractivity contribution >= 4 is 33.3 Å². The number of nitro benzene ring substituents is 1.